The summed E-state index contributed by atoms with van der Waals surface area (Å²) >= 11 is 0. The van der Waals surface area contributed by atoms with Crippen molar-refractivity contribution in [2.24, 2.45) is 0 Å². The Hall–Kier alpha value is -3.67. The number of nitrogens with zero attached hydrogens (tertiary/aromatic N) is 6. The highest BCUT2D eigenvalue weighted by Gasteiger charge is 2.49. The number of hydrogen-bond donors (Lipinski definition) is 0. The number of methoxy groups -OCH3 is 1. The van der Waals surface area contributed by atoms with Gasteiger partial charge in [0, 0.05) is 51.0 Å². The van der Waals surface area contributed by atoms with Gasteiger partial charge in [-0.2, -0.15) is 9.97 Å². The summed E-state index contributed by atoms with van der Waals surface area (Å²) in [5.41, 5.74) is 1.63. The zero-order chi connectivity index (χ0) is 33.6. The predicted octanol–water partition coefficient (Wildman–Crippen LogP) is 6.40. The van der Waals surface area contributed by atoms with Crippen LogP contribution in [0.15, 0.2) is 36.5 Å². The van der Waals surface area contributed by atoms with Gasteiger partial charge in [-0.05, 0) is 87.6 Å². The molecule has 3 fully saturated rings. The number of benzene rings is 2. The summed E-state index contributed by atoms with van der Waals surface area (Å²) in [6, 6.07) is 9.90. The molecule has 0 spiro atoms. The van der Waals surface area contributed by atoms with Crippen LogP contribution >= 0.6 is 0 Å². The summed E-state index contributed by atoms with van der Waals surface area (Å²) < 4.78 is 49.0. The van der Waals surface area contributed by atoms with E-state index < -0.39 is 12.0 Å². The lowest BCUT2D eigenvalue weighted by molar-refractivity contribution is 0.0512. The second-order valence-electron chi connectivity index (χ2n) is 14.1. The highest BCUT2D eigenvalue weighted by atomic mass is 19.1. The van der Waals surface area contributed by atoms with Gasteiger partial charge in [0.1, 0.15) is 35.6 Å². The molecule has 3 aliphatic rings. The minimum atomic E-state index is -0.879. The van der Waals surface area contributed by atoms with E-state index in [0.717, 1.165) is 55.0 Å². The van der Waals surface area contributed by atoms with Crippen LogP contribution in [0.5, 0.6) is 11.8 Å². The van der Waals surface area contributed by atoms with E-state index in [0.29, 0.717) is 42.0 Å². The van der Waals surface area contributed by atoms with E-state index in [1.54, 1.807) is 13.3 Å². The number of aromatic nitrogens is 3. The summed E-state index contributed by atoms with van der Waals surface area (Å²) in [6.07, 6.45) is 7.16. The molecule has 2 aromatic carbocycles. The molecule has 1 saturated carbocycles. The van der Waals surface area contributed by atoms with Crippen LogP contribution in [0.25, 0.3) is 32.9 Å². The first kappa shape index (κ1) is 32.9. The Bertz CT molecular complexity index is 1820. The molecule has 4 aromatic rings. The highest BCUT2D eigenvalue weighted by molar-refractivity contribution is 6.01. The topological polar surface area (TPSA) is 76.1 Å². The van der Waals surface area contributed by atoms with Gasteiger partial charge in [-0.1, -0.05) is 25.1 Å². The van der Waals surface area contributed by atoms with Crippen molar-refractivity contribution >= 4 is 27.5 Å². The third-order valence-corrected chi connectivity index (χ3v) is 11.0. The maximum atomic E-state index is 17.1. The van der Waals surface area contributed by atoms with E-state index in [9.17, 15) is 4.39 Å². The molecule has 0 N–H and O–H groups in total. The summed E-state index contributed by atoms with van der Waals surface area (Å²) in [7, 11) is 7.77. The Morgan fingerprint density at radius 1 is 1.06 bits per heavy atom. The van der Waals surface area contributed by atoms with E-state index >= 15 is 4.39 Å². The van der Waals surface area contributed by atoms with Gasteiger partial charge in [0.2, 0.25) is 0 Å². The predicted molar refractivity (Wildman–Crippen MR) is 184 cm³/mol. The SMILES string of the molecule is CCc1cccc2cc(OCOC)cc(-c3ncc4c(N(C)CC5(N(C)C)CCC5)nc(OC[C@@]56CCCN5C[C@H](F)C6)nc4c3F)c12. The molecule has 48 heavy (non-hydrogen) atoms. The number of pyridine rings is 1. The third kappa shape index (κ3) is 5.73. The number of alkyl halides is 1. The summed E-state index contributed by atoms with van der Waals surface area (Å²) in [4.78, 5) is 20.9. The number of hydrogen-bond acceptors (Lipinski definition) is 9. The first-order valence-electron chi connectivity index (χ1n) is 17.1. The Balaban J connectivity index is 1.36. The minimum Gasteiger partial charge on any atom is -0.468 e. The zero-order valence-corrected chi connectivity index (χ0v) is 28.7. The Morgan fingerprint density at radius 2 is 1.90 bits per heavy atom. The third-order valence-electron chi connectivity index (χ3n) is 11.0. The molecule has 1 aliphatic carbocycles. The summed E-state index contributed by atoms with van der Waals surface area (Å²) in [5.74, 6) is 0.563. The number of ether oxygens (including phenoxy) is 3. The molecule has 9 nitrogen and oxygen atoms in total. The van der Waals surface area contributed by atoms with Gasteiger partial charge in [-0.3, -0.25) is 9.88 Å². The van der Waals surface area contributed by atoms with Gasteiger partial charge in [0.05, 0.1) is 10.9 Å². The average Bonchev–Trinajstić information content (AvgIpc) is 3.59. The van der Waals surface area contributed by atoms with Crippen molar-refractivity contribution in [1.82, 2.24) is 24.8 Å². The van der Waals surface area contributed by atoms with E-state index in [4.69, 9.17) is 29.2 Å². The summed E-state index contributed by atoms with van der Waals surface area (Å²) in [5, 5.41) is 2.35. The second kappa shape index (κ2) is 13.0. The van der Waals surface area contributed by atoms with Crippen molar-refractivity contribution in [3.05, 3.63) is 47.9 Å². The molecular weight excluding hydrogens is 614 g/mol. The maximum Gasteiger partial charge on any atom is 0.319 e. The average molecular weight is 661 g/mol. The lowest BCUT2D eigenvalue weighted by Gasteiger charge is -2.49. The quantitative estimate of drug-likeness (QED) is 0.160. The van der Waals surface area contributed by atoms with E-state index in [-0.39, 0.29) is 41.7 Å². The van der Waals surface area contributed by atoms with Crippen molar-refractivity contribution < 1.29 is 23.0 Å². The van der Waals surface area contributed by atoms with Crippen LogP contribution in [0, 0.1) is 5.82 Å². The molecule has 7 rings (SSSR count). The molecule has 11 heteroatoms. The van der Waals surface area contributed by atoms with Crippen molar-refractivity contribution in [3.63, 3.8) is 0 Å². The van der Waals surface area contributed by atoms with Crippen LogP contribution in [0.2, 0.25) is 0 Å². The first-order valence-corrected chi connectivity index (χ1v) is 17.1. The highest BCUT2D eigenvalue weighted by Crippen LogP contribution is 2.43. The molecule has 2 saturated heterocycles. The Labute approximate surface area is 281 Å². The normalized spacial score (nSPS) is 22.0. The summed E-state index contributed by atoms with van der Waals surface area (Å²) in [6.45, 7) is 4.39. The Kier molecular flexibility index (Phi) is 8.89. The van der Waals surface area contributed by atoms with Crippen molar-refractivity contribution in [1.29, 1.82) is 0 Å². The molecule has 4 heterocycles. The number of fused-ring (bicyclic) bond motifs is 3. The van der Waals surface area contributed by atoms with Crippen LogP contribution in [-0.4, -0.2) is 103 Å². The number of aryl methyl sites for hydroxylation is 1. The number of rotatable bonds is 12. The van der Waals surface area contributed by atoms with Crippen LogP contribution < -0.4 is 14.4 Å². The Morgan fingerprint density at radius 3 is 2.62 bits per heavy atom. The molecular formula is C37H46F2N6O3. The monoisotopic (exact) mass is 660 g/mol. The van der Waals surface area contributed by atoms with E-state index in [1.807, 2.05) is 31.3 Å². The van der Waals surface area contributed by atoms with Gasteiger partial charge in [-0.25, -0.2) is 8.78 Å². The molecule has 0 bridgehead atoms. The van der Waals surface area contributed by atoms with Crippen LogP contribution in [-0.2, 0) is 11.2 Å². The smallest absolute Gasteiger partial charge is 0.319 e. The molecule has 0 radical (unpaired) electrons. The fourth-order valence-electron chi connectivity index (χ4n) is 8.23. The maximum absolute atomic E-state index is 17.1. The number of halogens is 2. The standard InChI is InChI=1S/C37H46F2N6O3/c1-6-24-10-7-11-25-16-27(48-23-46-5)17-28(30(24)25)32-31(39)33-29(19-40-32)34(44(4)21-36(43(2)3)12-8-13-36)42-35(41-33)47-22-37-14-9-15-45(37)20-26(38)18-37/h7,10-11,16-17,19,26H,6,8-9,12-15,18,20-23H2,1-5H3/t26-,37+/m1/s1. The number of likely N-dealkylation sites (N-methyl/N-ethyl adjacent to an activating group) is 2. The lowest BCUT2D eigenvalue weighted by Crippen LogP contribution is -2.56. The van der Waals surface area contributed by atoms with Crippen molar-refractivity contribution in [2.75, 3.05) is 66.2 Å². The number of anilines is 1. The van der Waals surface area contributed by atoms with Gasteiger partial charge in [0.25, 0.3) is 0 Å². The molecule has 0 amide bonds. The van der Waals surface area contributed by atoms with Crippen molar-refractivity contribution in [3.8, 4) is 23.0 Å². The van der Waals surface area contributed by atoms with Crippen LogP contribution in [0.3, 0.4) is 0 Å². The first-order chi connectivity index (χ1) is 23.2. The van der Waals surface area contributed by atoms with Crippen LogP contribution in [0.1, 0.15) is 51.0 Å². The largest absolute Gasteiger partial charge is 0.468 e. The van der Waals surface area contributed by atoms with Crippen molar-refractivity contribution in [2.45, 2.75) is 69.1 Å². The molecule has 2 aromatic heterocycles. The van der Waals surface area contributed by atoms with E-state index in [1.165, 1.54) is 6.42 Å². The van der Waals surface area contributed by atoms with Gasteiger partial charge in [-0.15, -0.1) is 0 Å². The molecule has 256 valence electrons. The second-order valence-corrected chi connectivity index (χ2v) is 14.1. The van der Waals surface area contributed by atoms with E-state index in [2.05, 4.69) is 41.8 Å². The van der Waals surface area contributed by atoms with Crippen LogP contribution in [0.4, 0.5) is 14.6 Å². The van der Waals surface area contributed by atoms with Gasteiger partial charge >= 0.3 is 6.01 Å². The van der Waals surface area contributed by atoms with Gasteiger partial charge < -0.3 is 24.0 Å². The lowest BCUT2D eigenvalue weighted by atomic mass is 9.75. The molecule has 0 unspecified atom stereocenters. The zero-order valence-electron chi connectivity index (χ0n) is 28.7. The minimum absolute atomic E-state index is 0.000364. The fraction of sp³-hybridized carbons (Fsp3) is 0.541. The molecule has 2 aliphatic heterocycles. The molecule has 2 atom stereocenters. The van der Waals surface area contributed by atoms with Gasteiger partial charge in [0.15, 0.2) is 12.6 Å². The fourth-order valence-corrected chi connectivity index (χ4v) is 8.23.